The molecule has 0 aliphatic carbocycles. The summed E-state index contributed by atoms with van der Waals surface area (Å²) < 4.78 is 13.5. The van der Waals surface area contributed by atoms with Crippen molar-refractivity contribution >= 4 is 17.1 Å². The lowest BCUT2D eigenvalue weighted by Gasteiger charge is -2.11. The smallest absolute Gasteiger partial charge is 0.221 e. The third kappa shape index (κ3) is 5.53. The van der Waals surface area contributed by atoms with Gasteiger partial charge in [-0.3, -0.25) is 4.79 Å². The maximum Gasteiger partial charge on any atom is 0.221 e. The summed E-state index contributed by atoms with van der Waals surface area (Å²) in [5, 5.41) is 2.79. The van der Waals surface area contributed by atoms with E-state index in [0.29, 0.717) is 31.0 Å². The van der Waals surface area contributed by atoms with Gasteiger partial charge in [0.05, 0.1) is 6.54 Å². The minimum Gasteiger partial charge on any atom is -0.616 e. The van der Waals surface area contributed by atoms with Crippen molar-refractivity contribution in [1.82, 2.24) is 9.88 Å². The van der Waals surface area contributed by atoms with Crippen LogP contribution in [-0.2, 0) is 22.5 Å². The molecule has 0 saturated heterocycles. The van der Waals surface area contributed by atoms with E-state index >= 15 is 0 Å². The van der Waals surface area contributed by atoms with Gasteiger partial charge in [0, 0.05) is 24.4 Å². The summed E-state index contributed by atoms with van der Waals surface area (Å²) >= 11 is -0.915. The molecule has 0 bridgehead atoms. The predicted octanol–water partition coefficient (Wildman–Crippen LogP) is 1.55. The first kappa shape index (κ1) is 15.9. The van der Waals surface area contributed by atoms with Crippen LogP contribution < -0.4 is 5.32 Å². The third-order valence-electron chi connectivity index (χ3n) is 2.94. The fourth-order valence-corrected chi connectivity index (χ4v) is 2.63. The maximum absolute atomic E-state index is 11.7. The number of rotatable bonds is 8. The van der Waals surface area contributed by atoms with Crippen LogP contribution in [0.25, 0.3) is 0 Å². The van der Waals surface area contributed by atoms with Gasteiger partial charge >= 0.3 is 0 Å². The molecule has 0 aromatic carbocycles. The Labute approximate surface area is 118 Å². The molecule has 1 rings (SSSR count). The lowest BCUT2D eigenvalue weighted by molar-refractivity contribution is -0.121. The van der Waals surface area contributed by atoms with Crippen LogP contribution in [-0.4, -0.2) is 33.1 Å². The number of hydrogen-bond donors (Lipinski definition) is 1. The number of aryl methyl sites for hydroxylation is 2. The molecule has 4 nitrogen and oxygen atoms in total. The zero-order chi connectivity index (χ0) is 14.3. The van der Waals surface area contributed by atoms with Gasteiger partial charge in [0.25, 0.3) is 0 Å². The highest BCUT2D eigenvalue weighted by Crippen LogP contribution is 2.07. The molecule has 5 heteroatoms. The second-order valence-electron chi connectivity index (χ2n) is 4.47. The molecule has 0 radical (unpaired) electrons. The molecule has 0 fully saturated rings. The van der Waals surface area contributed by atoms with E-state index in [1.54, 1.807) is 6.08 Å². The highest BCUT2D eigenvalue weighted by Gasteiger charge is 2.07. The second-order valence-corrected chi connectivity index (χ2v) is 6.09. The normalized spacial score (nSPS) is 12.2. The number of hydrogen-bond acceptors (Lipinski definition) is 2. The van der Waals surface area contributed by atoms with Gasteiger partial charge in [-0.1, -0.05) is 6.58 Å². The minimum absolute atomic E-state index is 0.00287. The second kappa shape index (κ2) is 8.07. The molecule has 1 amide bonds. The average molecular weight is 282 g/mol. The SMILES string of the molecule is C=CC[S+]([O-])CCNC(=O)CCn1c(C)ccc1C. The van der Waals surface area contributed by atoms with E-state index in [1.165, 1.54) is 0 Å². The lowest BCUT2D eigenvalue weighted by Crippen LogP contribution is -2.30. The number of nitrogens with one attached hydrogen (secondary N) is 1. The predicted molar refractivity (Wildman–Crippen MR) is 79.6 cm³/mol. The van der Waals surface area contributed by atoms with E-state index < -0.39 is 11.2 Å². The summed E-state index contributed by atoms with van der Waals surface area (Å²) in [4.78, 5) is 11.7. The molecule has 1 aromatic heterocycles. The monoisotopic (exact) mass is 282 g/mol. The first-order valence-corrected chi connectivity index (χ1v) is 7.88. The van der Waals surface area contributed by atoms with Crippen molar-refractivity contribution < 1.29 is 9.35 Å². The Morgan fingerprint density at radius 2 is 2.11 bits per heavy atom. The summed E-state index contributed by atoms with van der Waals surface area (Å²) in [6.07, 6.45) is 2.08. The Hall–Kier alpha value is -1.20. The average Bonchev–Trinajstić information content (AvgIpc) is 2.67. The van der Waals surface area contributed by atoms with Crippen LogP contribution in [0.15, 0.2) is 24.8 Å². The summed E-state index contributed by atoms with van der Waals surface area (Å²) in [6.45, 7) is 8.75. The number of amides is 1. The Morgan fingerprint density at radius 3 is 2.68 bits per heavy atom. The van der Waals surface area contributed by atoms with Gasteiger partial charge in [-0.05, 0) is 43.2 Å². The van der Waals surface area contributed by atoms with Crippen molar-refractivity contribution in [3.63, 3.8) is 0 Å². The highest BCUT2D eigenvalue weighted by molar-refractivity contribution is 7.91. The van der Waals surface area contributed by atoms with Gasteiger partial charge in [0.15, 0.2) is 0 Å². The van der Waals surface area contributed by atoms with Gasteiger partial charge in [0.2, 0.25) is 5.91 Å². The Balaban J connectivity index is 2.23. The van der Waals surface area contributed by atoms with E-state index in [-0.39, 0.29) is 5.91 Å². The molecule has 0 aliphatic rings. The molecule has 1 N–H and O–H groups in total. The molecule has 1 unspecified atom stereocenters. The van der Waals surface area contributed by atoms with Crippen LogP contribution >= 0.6 is 0 Å². The zero-order valence-corrected chi connectivity index (χ0v) is 12.5. The van der Waals surface area contributed by atoms with Crippen molar-refractivity contribution in [2.45, 2.75) is 26.8 Å². The number of carbonyl (C=O) groups excluding carboxylic acids is 1. The molecule has 1 atom stereocenters. The molecule has 0 saturated carbocycles. The van der Waals surface area contributed by atoms with Gasteiger partial charge in [0.1, 0.15) is 11.5 Å². The standard InChI is InChI=1S/C14H22N2O2S/c1-4-10-19(18)11-8-15-14(17)7-9-16-12(2)5-6-13(16)3/h4-6H,1,7-11H2,2-3H3,(H,15,17). The topological polar surface area (TPSA) is 57.1 Å². The van der Waals surface area contributed by atoms with E-state index in [0.717, 1.165) is 11.4 Å². The van der Waals surface area contributed by atoms with Crippen LogP contribution in [0.3, 0.4) is 0 Å². The molecule has 19 heavy (non-hydrogen) atoms. The van der Waals surface area contributed by atoms with Gasteiger partial charge in [-0.15, -0.1) is 0 Å². The van der Waals surface area contributed by atoms with Crippen LogP contribution in [0.5, 0.6) is 0 Å². The van der Waals surface area contributed by atoms with E-state index in [4.69, 9.17) is 0 Å². The van der Waals surface area contributed by atoms with Crippen molar-refractivity contribution in [3.05, 3.63) is 36.2 Å². The van der Waals surface area contributed by atoms with Crippen molar-refractivity contribution in [2.24, 2.45) is 0 Å². The fraction of sp³-hybridized carbons (Fsp3) is 0.500. The third-order valence-corrected chi connectivity index (χ3v) is 4.20. The van der Waals surface area contributed by atoms with E-state index in [2.05, 4.69) is 16.5 Å². The van der Waals surface area contributed by atoms with Crippen LogP contribution in [0, 0.1) is 13.8 Å². The quantitative estimate of drug-likeness (QED) is 0.581. The first-order valence-electron chi connectivity index (χ1n) is 6.40. The van der Waals surface area contributed by atoms with Crippen molar-refractivity contribution in [1.29, 1.82) is 0 Å². The van der Waals surface area contributed by atoms with E-state index in [1.807, 2.05) is 26.0 Å². The van der Waals surface area contributed by atoms with Crippen molar-refractivity contribution in [2.75, 3.05) is 18.1 Å². The van der Waals surface area contributed by atoms with Crippen LogP contribution in [0.2, 0.25) is 0 Å². The maximum atomic E-state index is 11.7. The molecule has 106 valence electrons. The Kier molecular flexibility index (Phi) is 6.73. The van der Waals surface area contributed by atoms with Crippen LogP contribution in [0.4, 0.5) is 0 Å². The largest absolute Gasteiger partial charge is 0.616 e. The summed E-state index contributed by atoms with van der Waals surface area (Å²) in [7, 11) is 0. The van der Waals surface area contributed by atoms with Crippen molar-refractivity contribution in [3.8, 4) is 0 Å². The lowest BCUT2D eigenvalue weighted by atomic mass is 10.3. The van der Waals surface area contributed by atoms with Gasteiger partial charge in [-0.25, -0.2) is 0 Å². The van der Waals surface area contributed by atoms with Crippen LogP contribution in [0.1, 0.15) is 17.8 Å². The summed E-state index contributed by atoms with van der Waals surface area (Å²) in [6, 6.07) is 4.09. The zero-order valence-electron chi connectivity index (χ0n) is 11.6. The minimum atomic E-state index is -0.915. The fourth-order valence-electron chi connectivity index (χ4n) is 1.87. The Bertz CT molecular complexity index is 410. The molecular weight excluding hydrogens is 260 g/mol. The summed E-state index contributed by atoms with van der Waals surface area (Å²) in [5.74, 6) is 0.972. The molecule has 0 spiro atoms. The molecule has 0 aliphatic heterocycles. The Morgan fingerprint density at radius 1 is 1.47 bits per heavy atom. The number of aromatic nitrogens is 1. The highest BCUT2D eigenvalue weighted by atomic mass is 32.2. The van der Waals surface area contributed by atoms with Gasteiger partial charge in [-0.2, -0.15) is 0 Å². The first-order chi connectivity index (χ1) is 9.04. The van der Waals surface area contributed by atoms with Gasteiger partial charge < -0.3 is 14.4 Å². The molecule has 1 aromatic rings. The number of nitrogens with zero attached hydrogens (tertiary/aromatic N) is 1. The summed E-state index contributed by atoms with van der Waals surface area (Å²) in [5.41, 5.74) is 2.33. The molecule has 1 heterocycles. The number of carbonyl (C=O) groups is 1. The van der Waals surface area contributed by atoms with E-state index in [9.17, 15) is 9.35 Å². The molecular formula is C14H22N2O2S.